The number of rotatable bonds is 10. The molecular weight excluding hydrogens is 442 g/mol. The minimum absolute atomic E-state index is 0.106. The molecule has 180 valence electrons. The smallest absolute Gasteiger partial charge is 0.326 e. The molecule has 1 aliphatic rings. The molecule has 0 spiro atoms. The summed E-state index contributed by atoms with van der Waals surface area (Å²) in [6, 6.07) is 8.80. The van der Waals surface area contributed by atoms with Crippen molar-refractivity contribution in [1.82, 2.24) is 5.32 Å². The van der Waals surface area contributed by atoms with Crippen LogP contribution in [0.25, 0.3) is 6.08 Å². The van der Waals surface area contributed by atoms with E-state index in [1.54, 1.807) is 50.4 Å². The number of carboxylic acids is 1. The lowest BCUT2D eigenvalue weighted by molar-refractivity contribution is -0.143. The summed E-state index contributed by atoms with van der Waals surface area (Å²) < 4.78 is 21.8. The maximum Gasteiger partial charge on any atom is 0.326 e. The van der Waals surface area contributed by atoms with Gasteiger partial charge in [0.25, 0.3) is 5.91 Å². The molecule has 0 radical (unpaired) electrons. The molecule has 0 bridgehead atoms. The zero-order valence-corrected chi connectivity index (χ0v) is 19.4. The molecule has 2 atom stereocenters. The largest absolute Gasteiger partial charge is 0.497 e. The third-order valence-electron chi connectivity index (χ3n) is 5.53. The van der Waals surface area contributed by atoms with Gasteiger partial charge in [0.2, 0.25) is 5.78 Å². The molecule has 34 heavy (non-hydrogen) atoms. The van der Waals surface area contributed by atoms with Crippen molar-refractivity contribution in [2.24, 2.45) is 5.92 Å². The van der Waals surface area contributed by atoms with Gasteiger partial charge in [-0.2, -0.15) is 0 Å². The van der Waals surface area contributed by atoms with Crippen molar-refractivity contribution in [3.05, 3.63) is 53.3 Å². The van der Waals surface area contributed by atoms with Crippen LogP contribution in [0.3, 0.4) is 0 Å². The number of ether oxygens (including phenoxy) is 4. The predicted octanol–water partition coefficient (Wildman–Crippen LogP) is 3.31. The van der Waals surface area contributed by atoms with E-state index in [9.17, 15) is 19.5 Å². The molecule has 1 aliphatic heterocycles. The Morgan fingerprint density at radius 1 is 1.12 bits per heavy atom. The number of methoxy groups -OCH3 is 2. The quantitative estimate of drug-likeness (QED) is 0.509. The fraction of sp³-hybridized carbons (Fsp3) is 0.320. The molecule has 9 nitrogen and oxygen atoms in total. The van der Waals surface area contributed by atoms with Gasteiger partial charge in [0, 0.05) is 11.6 Å². The highest BCUT2D eigenvalue weighted by atomic mass is 16.5. The first-order chi connectivity index (χ1) is 16.3. The Balaban J connectivity index is 1.71. The van der Waals surface area contributed by atoms with Crippen molar-refractivity contribution >= 4 is 23.7 Å². The topological polar surface area (TPSA) is 120 Å². The van der Waals surface area contributed by atoms with Gasteiger partial charge in [-0.1, -0.05) is 20.3 Å². The molecule has 0 saturated heterocycles. The molecule has 2 N–H and O–H groups in total. The van der Waals surface area contributed by atoms with Crippen molar-refractivity contribution in [2.75, 3.05) is 20.8 Å². The molecule has 0 aromatic heterocycles. The van der Waals surface area contributed by atoms with Crippen molar-refractivity contribution in [3.63, 3.8) is 0 Å². The third-order valence-corrected chi connectivity index (χ3v) is 5.53. The molecule has 0 aliphatic carbocycles. The van der Waals surface area contributed by atoms with E-state index in [0.717, 1.165) is 0 Å². The van der Waals surface area contributed by atoms with Crippen molar-refractivity contribution in [1.29, 1.82) is 0 Å². The highest BCUT2D eigenvalue weighted by Gasteiger charge is 2.29. The van der Waals surface area contributed by atoms with E-state index in [2.05, 4.69) is 5.32 Å². The number of amides is 1. The Hall–Kier alpha value is -4.01. The van der Waals surface area contributed by atoms with E-state index in [1.807, 2.05) is 6.92 Å². The average molecular weight is 469 g/mol. The van der Waals surface area contributed by atoms with Gasteiger partial charge in [-0.25, -0.2) is 4.79 Å². The number of benzene rings is 2. The van der Waals surface area contributed by atoms with Crippen LogP contribution < -0.4 is 24.3 Å². The highest BCUT2D eigenvalue weighted by molar-refractivity contribution is 6.14. The van der Waals surface area contributed by atoms with Crippen LogP contribution in [-0.4, -0.2) is 49.6 Å². The average Bonchev–Trinajstić information content (AvgIpc) is 3.14. The van der Waals surface area contributed by atoms with Crippen LogP contribution in [0.4, 0.5) is 0 Å². The first kappa shape index (κ1) is 24.6. The summed E-state index contributed by atoms with van der Waals surface area (Å²) in [4.78, 5) is 36.4. The standard InChI is InChI=1S/C25H27NO8/c1-5-14(2)23(25(29)30)26-22(27)13-33-17-6-8-18-20(12-17)34-21(24(18)28)11-15-10-16(31-3)7-9-19(15)32-4/h6-12,14,23H,5,13H2,1-4H3,(H,26,27)(H,29,30). The Kier molecular flexibility index (Phi) is 7.78. The van der Waals surface area contributed by atoms with Gasteiger partial charge in [-0.3, -0.25) is 9.59 Å². The number of Topliss-reactive ketones (excluding diaryl/α,β-unsaturated/α-hetero) is 1. The summed E-state index contributed by atoms with van der Waals surface area (Å²) in [7, 11) is 3.07. The van der Waals surface area contributed by atoms with Gasteiger partial charge in [-0.15, -0.1) is 0 Å². The molecule has 2 aromatic rings. The van der Waals surface area contributed by atoms with E-state index in [1.165, 1.54) is 13.2 Å². The van der Waals surface area contributed by atoms with Crippen LogP contribution in [0.1, 0.15) is 36.2 Å². The van der Waals surface area contributed by atoms with E-state index >= 15 is 0 Å². The molecule has 2 unspecified atom stereocenters. The summed E-state index contributed by atoms with van der Waals surface area (Å²) in [5, 5.41) is 11.8. The molecule has 1 amide bonds. The Bertz CT molecular complexity index is 1120. The van der Waals surface area contributed by atoms with Crippen LogP contribution in [0.15, 0.2) is 42.2 Å². The van der Waals surface area contributed by atoms with Crippen LogP contribution in [0.5, 0.6) is 23.0 Å². The van der Waals surface area contributed by atoms with Gasteiger partial charge in [-0.05, 0) is 42.3 Å². The first-order valence-corrected chi connectivity index (χ1v) is 10.7. The molecule has 2 aromatic carbocycles. The summed E-state index contributed by atoms with van der Waals surface area (Å²) in [5.41, 5.74) is 0.966. The number of hydrogen-bond donors (Lipinski definition) is 2. The fourth-order valence-electron chi connectivity index (χ4n) is 3.40. The van der Waals surface area contributed by atoms with Gasteiger partial charge in [0.1, 0.15) is 29.0 Å². The number of nitrogens with one attached hydrogen (secondary N) is 1. The van der Waals surface area contributed by atoms with Gasteiger partial charge < -0.3 is 29.4 Å². The first-order valence-electron chi connectivity index (χ1n) is 10.7. The SMILES string of the molecule is CCC(C)C(NC(=O)COc1ccc2c(c1)OC(=Cc1cc(OC)ccc1OC)C2=O)C(=O)O. The zero-order chi connectivity index (χ0) is 24.8. The number of ketones is 1. The Morgan fingerprint density at radius 3 is 2.50 bits per heavy atom. The number of carbonyl (C=O) groups is 3. The summed E-state index contributed by atoms with van der Waals surface area (Å²) in [6.45, 7) is 3.22. The van der Waals surface area contributed by atoms with Crippen LogP contribution >= 0.6 is 0 Å². The maximum absolute atomic E-state index is 12.8. The van der Waals surface area contributed by atoms with Gasteiger partial charge in [0.05, 0.1) is 19.8 Å². The fourth-order valence-corrected chi connectivity index (χ4v) is 3.40. The number of carboxylic acid groups (broad SMARTS) is 1. The number of fused-ring (bicyclic) bond motifs is 1. The van der Waals surface area contributed by atoms with Crippen LogP contribution in [0, 0.1) is 5.92 Å². The monoisotopic (exact) mass is 469 g/mol. The number of carbonyl (C=O) groups excluding carboxylic acids is 2. The molecule has 9 heteroatoms. The van der Waals surface area contributed by atoms with E-state index in [4.69, 9.17) is 18.9 Å². The van der Waals surface area contributed by atoms with Crippen LogP contribution in [-0.2, 0) is 9.59 Å². The summed E-state index contributed by atoms with van der Waals surface area (Å²) in [5.74, 6) is -0.340. The summed E-state index contributed by atoms with van der Waals surface area (Å²) in [6.07, 6.45) is 2.17. The normalized spacial score (nSPS) is 15.2. The lowest BCUT2D eigenvalue weighted by Gasteiger charge is -2.20. The van der Waals surface area contributed by atoms with E-state index in [0.29, 0.717) is 40.5 Å². The highest BCUT2D eigenvalue weighted by Crippen LogP contribution is 2.36. The molecule has 1 heterocycles. The Morgan fingerprint density at radius 2 is 1.85 bits per heavy atom. The van der Waals surface area contributed by atoms with E-state index in [-0.39, 0.29) is 24.1 Å². The lowest BCUT2D eigenvalue weighted by atomic mass is 9.99. The minimum Gasteiger partial charge on any atom is -0.497 e. The van der Waals surface area contributed by atoms with Gasteiger partial charge >= 0.3 is 5.97 Å². The van der Waals surface area contributed by atoms with Crippen LogP contribution in [0.2, 0.25) is 0 Å². The molecule has 0 fully saturated rings. The Labute approximate surface area is 197 Å². The predicted molar refractivity (Wildman–Crippen MR) is 123 cm³/mol. The zero-order valence-electron chi connectivity index (χ0n) is 19.4. The second-order valence-corrected chi connectivity index (χ2v) is 7.76. The van der Waals surface area contributed by atoms with Crippen molar-refractivity contribution in [3.8, 4) is 23.0 Å². The summed E-state index contributed by atoms with van der Waals surface area (Å²) >= 11 is 0. The maximum atomic E-state index is 12.8. The third kappa shape index (κ3) is 5.48. The second kappa shape index (κ2) is 10.7. The molecular formula is C25H27NO8. The number of allylic oxidation sites excluding steroid dienone is 1. The number of hydrogen-bond acceptors (Lipinski definition) is 7. The molecule has 0 saturated carbocycles. The van der Waals surface area contributed by atoms with Crippen molar-refractivity contribution in [2.45, 2.75) is 26.3 Å². The second-order valence-electron chi connectivity index (χ2n) is 7.76. The lowest BCUT2D eigenvalue weighted by Crippen LogP contribution is -2.46. The minimum atomic E-state index is -1.10. The molecule has 3 rings (SSSR count). The number of aliphatic carboxylic acids is 1. The van der Waals surface area contributed by atoms with Crippen molar-refractivity contribution < 1.29 is 38.4 Å². The van der Waals surface area contributed by atoms with E-state index < -0.39 is 17.9 Å². The van der Waals surface area contributed by atoms with Gasteiger partial charge in [0.15, 0.2) is 12.4 Å².